The normalized spacial score (nSPS) is 16.8. The second-order valence-electron chi connectivity index (χ2n) is 3.81. The average molecular weight is 241 g/mol. The standard InChI is InChI=1S/C11H16FN3O2/c1-2-13-11-14-7-9(12)10(15-11)17-8-3-5-16-6-4-8/h7-8H,2-6H2,1H3,(H,13,14,15). The van der Waals surface area contributed by atoms with Crippen LogP contribution in [0.5, 0.6) is 5.88 Å². The van der Waals surface area contributed by atoms with E-state index >= 15 is 0 Å². The van der Waals surface area contributed by atoms with Crippen LogP contribution >= 0.6 is 0 Å². The van der Waals surface area contributed by atoms with Gasteiger partial charge in [-0.2, -0.15) is 9.37 Å². The van der Waals surface area contributed by atoms with E-state index in [4.69, 9.17) is 9.47 Å². The van der Waals surface area contributed by atoms with Crippen LogP contribution in [-0.4, -0.2) is 35.8 Å². The summed E-state index contributed by atoms with van der Waals surface area (Å²) >= 11 is 0. The lowest BCUT2D eigenvalue weighted by atomic mass is 10.2. The molecule has 1 aliphatic heterocycles. The molecule has 17 heavy (non-hydrogen) atoms. The first-order valence-corrected chi connectivity index (χ1v) is 5.80. The molecule has 0 radical (unpaired) electrons. The van der Waals surface area contributed by atoms with E-state index in [9.17, 15) is 4.39 Å². The molecule has 0 amide bonds. The van der Waals surface area contributed by atoms with Crippen molar-refractivity contribution in [3.05, 3.63) is 12.0 Å². The average Bonchev–Trinajstić information content (AvgIpc) is 2.35. The van der Waals surface area contributed by atoms with Crippen LogP contribution in [0.4, 0.5) is 10.3 Å². The molecular formula is C11H16FN3O2. The zero-order valence-corrected chi connectivity index (χ0v) is 9.78. The van der Waals surface area contributed by atoms with Gasteiger partial charge in [-0.3, -0.25) is 0 Å². The molecule has 1 N–H and O–H groups in total. The maximum absolute atomic E-state index is 13.5. The molecule has 6 heteroatoms. The van der Waals surface area contributed by atoms with E-state index in [0.29, 0.717) is 25.7 Å². The summed E-state index contributed by atoms with van der Waals surface area (Å²) in [4.78, 5) is 7.82. The van der Waals surface area contributed by atoms with Crippen molar-refractivity contribution in [1.82, 2.24) is 9.97 Å². The third-order valence-corrected chi connectivity index (χ3v) is 2.49. The number of anilines is 1. The van der Waals surface area contributed by atoms with E-state index in [1.807, 2.05) is 6.92 Å². The lowest BCUT2D eigenvalue weighted by Crippen LogP contribution is -2.26. The van der Waals surface area contributed by atoms with E-state index in [1.54, 1.807) is 0 Å². The van der Waals surface area contributed by atoms with Gasteiger partial charge in [-0.25, -0.2) is 4.98 Å². The summed E-state index contributed by atoms with van der Waals surface area (Å²) in [6.07, 6.45) is 2.63. The van der Waals surface area contributed by atoms with Gasteiger partial charge in [-0.1, -0.05) is 0 Å². The number of halogens is 1. The van der Waals surface area contributed by atoms with E-state index < -0.39 is 5.82 Å². The van der Waals surface area contributed by atoms with E-state index in [0.717, 1.165) is 19.0 Å². The van der Waals surface area contributed by atoms with Crippen LogP contribution in [0.25, 0.3) is 0 Å². The van der Waals surface area contributed by atoms with Crippen molar-refractivity contribution in [3.63, 3.8) is 0 Å². The lowest BCUT2D eigenvalue weighted by Gasteiger charge is -2.22. The second-order valence-corrected chi connectivity index (χ2v) is 3.81. The van der Waals surface area contributed by atoms with E-state index in [2.05, 4.69) is 15.3 Å². The van der Waals surface area contributed by atoms with Gasteiger partial charge in [-0.05, 0) is 6.92 Å². The highest BCUT2D eigenvalue weighted by molar-refractivity contribution is 5.28. The highest BCUT2D eigenvalue weighted by atomic mass is 19.1. The number of ether oxygens (including phenoxy) is 2. The summed E-state index contributed by atoms with van der Waals surface area (Å²) in [5.41, 5.74) is 0. The Morgan fingerprint density at radius 2 is 2.29 bits per heavy atom. The number of hydrogen-bond donors (Lipinski definition) is 1. The minimum absolute atomic E-state index is 0.0165. The van der Waals surface area contributed by atoms with Crippen LogP contribution in [0.3, 0.4) is 0 Å². The van der Waals surface area contributed by atoms with E-state index in [1.165, 1.54) is 0 Å². The van der Waals surface area contributed by atoms with Crippen LogP contribution in [-0.2, 0) is 4.74 Å². The third-order valence-electron chi connectivity index (χ3n) is 2.49. The van der Waals surface area contributed by atoms with Gasteiger partial charge in [0.05, 0.1) is 19.4 Å². The predicted molar refractivity (Wildman–Crippen MR) is 60.6 cm³/mol. The Morgan fingerprint density at radius 3 is 3.00 bits per heavy atom. The van der Waals surface area contributed by atoms with Gasteiger partial charge in [0.15, 0.2) is 0 Å². The summed E-state index contributed by atoms with van der Waals surface area (Å²) in [7, 11) is 0. The number of nitrogens with one attached hydrogen (secondary N) is 1. The molecule has 1 aromatic rings. The Labute approximate surface area is 99.4 Å². The Kier molecular flexibility index (Phi) is 4.08. The van der Waals surface area contributed by atoms with Crippen LogP contribution in [0.1, 0.15) is 19.8 Å². The zero-order chi connectivity index (χ0) is 12.1. The molecule has 94 valence electrons. The van der Waals surface area contributed by atoms with Crippen LogP contribution in [0.2, 0.25) is 0 Å². The molecule has 1 aromatic heterocycles. The molecule has 0 saturated carbocycles. The Bertz CT molecular complexity index is 370. The molecule has 2 rings (SSSR count). The molecule has 0 unspecified atom stereocenters. The van der Waals surface area contributed by atoms with Crippen LogP contribution in [0, 0.1) is 5.82 Å². The second kappa shape index (κ2) is 5.77. The highest BCUT2D eigenvalue weighted by Crippen LogP contribution is 2.19. The molecule has 1 saturated heterocycles. The number of nitrogens with zero attached hydrogens (tertiary/aromatic N) is 2. The van der Waals surface area contributed by atoms with Gasteiger partial charge in [-0.15, -0.1) is 0 Å². The monoisotopic (exact) mass is 241 g/mol. The third kappa shape index (κ3) is 3.26. The van der Waals surface area contributed by atoms with Crippen molar-refractivity contribution in [2.45, 2.75) is 25.9 Å². The fourth-order valence-electron chi connectivity index (χ4n) is 1.63. The molecule has 1 fully saturated rings. The van der Waals surface area contributed by atoms with Crippen LogP contribution < -0.4 is 10.1 Å². The summed E-state index contributed by atoms with van der Waals surface area (Å²) in [6.45, 7) is 3.91. The largest absolute Gasteiger partial charge is 0.472 e. The maximum atomic E-state index is 13.5. The Morgan fingerprint density at radius 1 is 1.53 bits per heavy atom. The van der Waals surface area contributed by atoms with Crippen molar-refractivity contribution >= 4 is 5.95 Å². The Hall–Kier alpha value is -1.43. The van der Waals surface area contributed by atoms with Gasteiger partial charge in [0.2, 0.25) is 11.8 Å². The molecule has 0 spiro atoms. The summed E-state index contributed by atoms with van der Waals surface area (Å²) in [5, 5.41) is 2.92. The summed E-state index contributed by atoms with van der Waals surface area (Å²) in [6, 6.07) is 0. The molecule has 5 nitrogen and oxygen atoms in total. The van der Waals surface area contributed by atoms with Gasteiger partial charge in [0.1, 0.15) is 6.10 Å². The molecule has 0 atom stereocenters. The number of rotatable bonds is 4. The van der Waals surface area contributed by atoms with Crippen molar-refractivity contribution < 1.29 is 13.9 Å². The van der Waals surface area contributed by atoms with E-state index in [-0.39, 0.29) is 12.0 Å². The molecule has 0 aliphatic carbocycles. The Balaban J connectivity index is 2.04. The summed E-state index contributed by atoms with van der Waals surface area (Å²) < 4.78 is 24.2. The molecular weight excluding hydrogens is 225 g/mol. The van der Waals surface area contributed by atoms with Crippen molar-refractivity contribution in [1.29, 1.82) is 0 Å². The smallest absolute Gasteiger partial charge is 0.255 e. The van der Waals surface area contributed by atoms with Gasteiger partial charge in [0, 0.05) is 19.4 Å². The minimum Gasteiger partial charge on any atom is -0.472 e. The van der Waals surface area contributed by atoms with Crippen molar-refractivity contribution in [2.75, 3.05) is 25.1 Å². The molecule has 0 bridgehead atoms. The van der Waals surface area contributed by atoms with Gasteiger partial charge < -0.3 is 14.8 Å². The van der Waals surface area contributed by atoms with Crippen molar-refractivity contribution in [2.24, 2.45) is 0 Å². The SMILES string of the molecule is CCNc1ncc(F)c(OC2CCOCC2)n1. The first-order valence-electron chi connectivity index (χ1n) is 5.80. The number of aromatic nitrogens is 2. The minimum atomic E-state index is -0.529. The number of hydrogen-bond acceptors (Lipinski definition) is 5. The zero-order valence-electron chi connectivity index (χ0n) is 9.78. The topological polar surface area (TPSA) is 56.3 Å². The highest BCUT2D eigenvalue weighted by Gasteiger charge is 2.18. The first kappa shape index (κ1) is 12.0. The van der Waals surface area contributed by atoms with Gasteiger partial charge >= 0.3 is 0 Å². The first-order chi connectivity index (χ1) is 8.29. The van der Waals surface area contributed by atoms with Crippen molar-refractivity contribution in [3.8, 4) is 5.88 Å². The van der Waals surface area contributed by atoms with Gasteiger partial charge in [0.25, 0.3) is 5.88 Å². The quantitative estimate of drug-likeness (QED) is 0.867. The maximum Gasteiger partial charge on any atom is 0.255 e. The van der Waals surface area contributed by atoms with Crippen LogP contribution in [0.15, 0.2) is 6.20 Å². The lowest BCUT2D eigenvalue weighted by molar-refractivity contribution is 0.0220. The molecule has 2 heterocycles. The fourth-order valence-corrected chi connectivity index (χ4v) is 1.63. The molecule has 1 aliphatic rings. The predicted octanol–water partition coefficient (Wildman–Crippen LogP) is 1.61. The molecule has 0 aromatic carbocycles. The summed E-state index contributed by atoms with van der Waals surface area (Å²) in [5.74, 6) is -0.128. The fraction of sp³-hybridized carbons (Fsp3) is 0.636.